The monoisotopic (exact) mass is 277 g/mol. The Bertz CT molecular complexity index is 486. The Morgan fingerprint density at radius 2 is 2.40 bits per heavy atom. The van der Waals surface area contributed by atoms with Crippen LogP contribution in [-0.2, 0) is 11.3 Å². The normalized spacial score (nSPS) is 19.8. The van der Waals surface area contributed by atoms with Crippen LogP contribution in [0.15, 0.2) is 18.2 Å². The molecule has 1 aliphatic rings. The molecule has 0 amide bonds. The second kappa shape index (κ2) is 7.34. The van der Waals surface area contributed by atoms with Crippen molar-refractivity contribution in [2.75, 3.05) is 32.8 Å². The van der Waals surface area contributed by atoms with Crippen LogP contribution < -0.4 is 5.32 Å². The summed E-state index contributed by atoms with van der Waals surface area (Å²) in [7, 11) is 0. The Kier molecular flexibility index (Phi) is 5.48. The predicted octanol–water partition coefficient (Wildman–Crippen LogP) is 1.51. The SMILES string of the molecule is CCN1CCOC(CNCc2cc(C#N)ccc2F)C1. The Morgan fingerprint density at radius 3 is 3.15 bits per heavy atom. The summed E-state index contributed by atoms with van der Waals surface area (Å²) in [6, 6.07) is 6.43. The number of morpholine rings is 1. The van der Waals surface area contributed by atoms with Gasteiger partial charge in [-0.15, -0.1) is 0 Å². The number of hydrogen-bond acceptors (Lipinski definition) is 4. The standard InChI is InChI=1S/C15H20FN3O/c1-2-19-5-6-20-14(11-19)10-18-9-13-7-12(8-17)3-4-15(13)16/h3-4,7,14,18H,2,5-6,9-11H2,1H3. The van der Waals surface area contributed by atoms with Crippen molar-refractivity contribution in [3.8, 4) is 6.07 Å². The number of nitrogens with zero attached hydrogens (tertiary/aromatic N) is 2. The van der Waals surface area contributed by atoms with Crippen LogP contribution in [-0.4, -0.2) is 43.8 Å². The quantitative estimate of drug-likeness (QED) is 0.886. The first kappa shape index (κ1) is 14.9. The molecule has 1 aromatic rings. The molecule has 2 rings (SSSR count). The Hall–Kier alpha value is -1.48. The summed E-state index contributed by atoms with van der Waals surface area (Å²) in [6.07, 6.45) is 0.144. The summed E-state index contributed by atoms with van der Waals surface area (Å²) < 4.78 is 19.3. The zero-order valence-corrected chi connectivity index (χ0v) is 11.7. The zero-order valence-electron chi connectivity index (χ0n) is 11.7. The van der Waals surface area contributed by atoms with Crippen LogP contribution in [0.4, 0.5) is 4.39 Å². The number of halogens is 1. The molecule has 0 bridgehead atoms. The fourth-order valence-corrected chi connectivity index (χ4v) is 2.34. The summed E-state index contributed by atoms with van der Waals surface area (Å²) in [6.45, 7) is 6.89. The molecule has 1 fully saturated rings. The van der Waals surface area contributed by atoms with Crippen molar-refractivity contribution >= 4 is 0 Å². The van der Waals surface area contributed by atoms with Gasteiger partial charge in [-0.05, 0) is 24.7 Å². The Labute approximate surface area is 119 Å². The number of nitriles is 1. The molecule has 1 aromatic carbocycles. The highest BCUT2D eigenvalue weighted by Gasteiger charge is 2.18. The van der Waals surface area contributed by atoms with E-state index in [1.54, 1.807) is 6.07 Å². The number of ether oxygens (including phenoxy) is 1. The van der Waals surface area contributed by atoms with Gasteiger partial charge in [-0.1, -0.05) is 6.92 Å². The molecule has 5 heteroatoms. The predicted molar refractivity (Wildman–Crippen MR) is 74.7 cm³/mol. The van der Waals surface area contributed by atoms with Crippen molar-refractivity contribution in [1.29, 1.82) is 5.26 Å². The third-order valence-electron chi connectivity index (χ3n) is 3.53. The average molecular weight is 277 g/mol. The van der Waals surface area contributed by atoms with Gasteiger partial charge in [0, 0.05) is 31.7 Å². The lowest BCUT2D eigenvalue weighted by Crippen LogP contribution is -2.46. The second-order valence-corrected chi connectivity index (χ2v) is 4.93. The number of rotatable bonds is 5. The first-order valence-corrected chi connectivity index (χ1v) is 6.96. The summed E-state index contributed by atoms with van der Waals surface area (Å²) in [4.78, 5) is 2.34. The van der Waals surface area contributed by atoms with E-state index in [4.69, 9.17) is 10.00 Å². The average Bonchev–Trinajstić information content (AvgIpc) is 2.49. The minimum atomic E-state index is -0.281. The van der Waals surface area contributed by atoms with E-state index in [0.29, 0.717) is 24.2 Å². The summed E-state index contributed by atoms with van der Waals surface area (Å²) in [5, 5.41) is 12.0. The van der Waals surface area contributed by atoms with Gasteiger partial charge in [0.15, 0.2) is 0 Å². The topological polar surface area (TPSA) is 48.3 Å². The fraction of sp³-hybridized carbons (Fsp3) is 0.533. The molecule has 20 heavy (non-hydrogen) atoms. The van der Waals surface area contributed by atoms with Crippen molar-refractivity contribution in [1.82, 2.24) is 10.2 Å². The van der Waals surface area contributed by atoms with E-state index in [-0.39, 0.29) is 11.9 Å². The number of likely N-dealkylation sites (N-methyl/N-ethyl adjacent to an activating group) is 1. The lowest BCUT2D eigenvalue weighted by atomic mass is 10.1. The Morgan fingerprint density at radius 1 is 1.55 bits per heavy atom. The molecule has 0 spiro atoms. The number of benzene rings is 1. The fourth-order valence-electron chi connectivity index (χ4n) is 2.34. The molecule has 108 valence electrons. The largest absolute Gasteiger partial charge is 0.374 e. The maximum atomic E-state index is 13.6. The van der Waals surface area contributed by atoms with Crippen LogP contribution in [0.3, 0.4) is 0 Å². The van der Waals surface area contributed by atoms with Gasteiger partial charge in [-0.25, -0.2) is 4.39 Å². The summed E-state index contributed by atoms with van der Waals surface area (Å²) in [5.41, 5.74) is 1.00. The maximum Gasteiger partial charge on any atom is 0.127 e. The second-order valence-electron chi connectivity index (χ2n) is 4.93. The molecule has 1 heterocycles. The van der Waals surface area contributed by atoms with Crippen LogP contribution in [0.5, 0.6) is 0 Å². The highest BCUT2D eigenvalue weighted by Crippen LogP contribution is 2.10. The van der Waals surface area contributed by atoms with Gasteiger partial charge >= 0.3 is 0 Å². The van der Waals surface area contributed by atoms with Gasteiger partial charge in [-0.2, -0.15) is 5.26 Å². The van der Waals surface area contributed by atoms with Gasteiger partial charge in [-0.3, -0.25) is 4.90 Å². The molecule has 1 aliphatic heterocycles. The molecule has 0 saturated carbocycles. The molecule has 0 aromatic heterocycles. The van der Waals surface area contributed by atoms with Crippen molar-refractivity contribution < 1.29 is 9.13 Å². The summed E-state index contributed by atoms with van der Waals surface area (Å²) >= 11 is 0. The molecule has 1 atom stereocenters. The highest BCUT2D eigenvalue weighted by atomic mass is 19.1. The van der Waals surface area contributed by atoms with Gasteiger partial charge < -0.3 is 10.1 Å². The van der Waals surface area contributed by atoms with E-state index in [2.05, 4.69) is 17.1 Å². The molecule has 0 radical (unpaired) electrons. The number of hydrogen-bond donors (Lipinski definition) is 1. The third-order valence-corrected chi connectivity index (χ3v) is 3.53. The van der Waals surface area contributed by atoms with Crippen molar-refractivity contribution in [2.45, 2.75) is 19.6 Å². The van der Waals surface area contributed by atoms with Crippen LogP contribution in [0.25, 0.3) is 0 Å². The van der Waals surface area contributed by atoms with E-state index in [0.717, 1.165) is 26.2 Å². The lowest BCUT2D eigenvalue weighted by Gasteiger charge is -2.32. The van der Waals surface area contributed by atoms with E-state index < -0.39 is 0 Å². The first-order valence-electron chi connectivity index (χ1n) is 6.96. The van der Waals surface area contributed by atoms with Crippen molar-refractivity contribution in [2.24, 2.45) is 0 Å². The molecular weight excluding hydrogens is 257 g/mol. The van der Waals surface area contributed by atoms with E-state index in [1.807, 2.05) is 6.07 Å². The molecule has 1 N–H and O–H groups in total. The molecule has 4 nitrogen and oxygen atoms in total. The van der Waals surface area contributed by atoms with Gasteiger partial charge in [0.1, 0.15) is 5.82 Å². The smallest absolute Gasteiger partial charge is 0.127 e. The Balaban J connectivity index is 1.82. The first-order chi connectivity index (χ1) is 9.72. The minimum absolute atomic E-state index is 0.144. The highest BCUT2D eigenvalue weighted by molar-refractivity contribution is 5.33. The lowest BCUT2D eigenvalue weighted by molar-refractivity contribution is -0.0254. The van der Waals surface area contributed by atoms with Crippen LogP contribution in [0, 0.1) is 17.1 Å². The molecule has 1 unspecified atom stereocenters. The van der Waals surface area contributed by atoms with Crippen LogP contribution in [0.2, 0.25) is 0 Å². The molecular formula is C15H20FN3O. The molecule has 1 saturated heterocycles. The zero-order chi connectivity index (χ0) is 14.4. The summed E-state index contributed by atoms with van der Waals surface area (Å²) in [5.74, 6) is -0.281. The van der Waals surface area contributed by atoms with E-state index >= 15 is 0 Å². The molecule has 0 aliphatic carbocycles. The maximum absolute atomic E-state index is 13.6. The van der Waals surface area contributed by atoms with Crippen molar-refractivity contribution in [3.63, 3.8) is 0 Å². The van der Waals surface area contributed by atoms with Crippen LogP contribution in [0.1, 0.15) is 18.1 Å². The third kappa shape index (κ3) is 4.01. The van der Waals surface area contributed by atoms with Crippen molar-refractivity contribution in [3.05, 3.63) is 35.1 Å². The van der Waals surface area contributed by atoms with E-state index in [9.17, 15) is 4.39 Å². The van der Waals surface area contributed by atoms with Gasteiger partial charge in [0.25, 0.3) is 0 Å². The number of nitrogens with one attached hydrogen (secondary N) is 1. The minimum Gasteiger partial charge on any atom is -0.374 e. The van der Waals surface area contributed by atoms with E-state index in [1.165, 1.54) is 12.1 Å². The van der Waals surface area contributed by atoms with Gasteiger partial charge in [0.2, 0.25) is 0 Å². The van der Waals surface area contributed by atoms with Gasteiger partial charge in [0.05, 0.1) is 24.3 Å². The van der Waals surface area contributed by atoms with Crippen LogP contribution >= 0.6 is 0 Å².